The number of unbranched alkanes of at least 4 members (excludes halogenated alkanes) is 1. The molecule has 0 aliphatic carbocycles. The zero-order chi connectivity index (χ0) is 21.3. The molecule has 0 aliphatic heterocycles. The molecule has 29 heavy (non-hydrogen) atoms. The molecule has 0 heterocycles. The van der Waals surface area contributed by atoms with E-state index in [9.17, 15) is 8.42 Å². The fraction of sp³-hybridized carbons (Fsp3) is 0.333. The predicted molar refractivity (Wildman–Crippen MR) is 121 cm³/mol. The van der Waals surface area contributed by atoms with E-state index in [2.05, 4.69) is 23.2 Å². The lowest BCUT2D eigenvalue weighted by atomic mass is 10.3. The number of likely N-dealkylation sites (N-methyl/N-ethyl adjacent to an activating group) is 1. The Bertz CT molecular complexity index is 871. The van der Waals surface area contributed by atoms with E-state index in [0.29, 0.717) is 28.8 Å². The summed E-state index contributed by atoms with van der Waals surface area (Å²) >= 11 is 5.83. The molecule has 0 bridgehead atoms. The van der Waals surface area contributed by atoms with Gasteiger partial charge in [0.2, 0.25) is 0 Å². The maximum absolute atomic E-state index is 12.6. The fourth-order valence-electron chi connectivity index (χ4n) is 2.61. The number of hydrogen-bond acceptors (Lipinski definition) is 4. The summed E-state index contributed by atoms with van der Waals surface area (Å²) in [5, 5.41) is 0.542. The Labute approximate surface area is 178 Å². The van der Waals surface area contributed by atoms with Gasteiger partial charge in [0.15, 0.2) is 0 Å². The van der Waals surface area contributed by atoms with Crippen LogP contribution in [0.3, 0.4) is 0 Å². The van der Waals surface area contributed by atoms with Crippen LogP contribution < -0.4 is 13.8 Å². The highest BCUT2D eigenvalue weighted by molar-refractivity contribution is 7.94. The molecule has 0 amide bonds. The molecule has 158 valence electrons. The Morgan fingerprint density at radius 1 is 1.07 bits per heavy atom. The molecule has 2 aromatic rings. The van der Waals surface area contributed by atoms with Crippen LogP contribution in [0.4, 0.5) is 11.4 Å². The summed E-state index contributed by atoms with van der Waals surface area (Å²) in [4.78, 5) is 2.20. The molecule has 0 spiro atoms. The van der Waals surface area contributed by atoms with E-state index in [1.807, 2.05) is 6.08 Å². The van der Waals surface area contributed by atoms with Crippen molar-refractivity contribution in [2.24, 2.45) is 0 Å². The summed E-state index contributed by atoms with van der Waals surface area (Å²) in [5.74, 6) is 0.713. The second-order valence-electron chi connectivity index (χ2n) is 6.68. The number of nitrogens with one attached hydrogen (secondary N) is 1. The summed E-state index contributed by atoms with van der Waals surface area (Å²) in [5.41, 5.74) is 0.977. The van der Waals surface area contributed by atoms with Crippen molar-refractivity contribution >= 4 is 33.2 Å². The van der Waals surface area contributed by atoms with Crippen LogP contribution in [0.15, 0.2) is 61.2 Å². The highest BCUT2D eigenvalue weighted by Gasteiger charge is 2.18. The first-order valence-electron chi connectivity index (χ1n) is 9.36. The number of anilines is 2. The predicted octanol–water partition coefficient (Wildman–Crippen LogP) is 4.41. The van der Waals surface area contributed by atoms with Crippen LogP contribution in [0.5, 0.6) is 5.75 Å². The van der Waals surface area contributed by atoms with Crippen LogP contribution in [0, 0.1) is 0 Å². The first-order chi connectivity index (χ1) is 13.8. The molecule has 1 N–H and O–H groups in total. The molecule has 0 radical (unpaired) electrons. The maximum Gasteiger partial charge on any atom is 0.323 e. The van der Waals surface area contributed by atoms with E-state index >= 15 is 0 Å². The van der Waals surface area contributed by atoms with Crippen molar-refractivity contribution in [3.63, 3.8) is 0 Å². The van der Waals surface area contributed by atoms with Gasteiger partial charge in [0.1, 0.15) is 5.75 Å². The van der Waals surface area contributed by atoms with Crippen molar-refractivity contribution in [2.45, 2.75) is 12.8 Å². The fourth-order valence-corrected chi connectivity index (χ4v) is 3.71. The monoisotopic (exact) mass is 437 g/mol. The van der Waals surface area contributed by atoms with Gasteiger partial charge in [0.05, 0.1) is 18.0 Å². The van der Waals surface area contributed by atoms with Crippen LogP contribution in [0.2, 0.25) is 5.02 Å². The molecular formula is C21H28ClN3O3S. The van der Waals surface area contributed by atoms with Crippen LogP contribution in [-0.2, 0) is 10.2 Å². The summed E-state index contributed by atoms with van der Waals surface area (Å²) in [7, 11) is -0.185. The lowest BCUT2D eigenvalue weighted by Crippen LogP contribution is -2.32. The molecule has 0 unspecified atom stereocenters. The van der Waals surface area contributed by atoms with Gasteiger partial charge in [0, 0.05) is 18.6 Å². The number of halogens is 1. The Balaban J connectivity index is 1.85. The second-order valence-corrected chi connectivity index (χ2v) is 8.82. The van der Waals surface area contributed by atoms with Gasteiger partial charge in [-0.05, 0) is 75.0 Å². The normalized spacial score (nSPS) is 11.3. The zero-order valence-corrected chi connectivity index (χ0v) is 18.4. The minimum Gasteiger partial charge on any atom is -0.494 e. The van der Waals surface area contributed by atoms with Crippen molar-refractivity contribution < 1.29 is 13.2 Å². The third kappa shape index (κ3) is 7.61. The van der Waals surface area contributed by atoms with Gasteiger partial charge in [-0.25, -0.2) is 0 Å². The molecule has 6 nitrogen and oxygen atoms in total. The SMILES string of the molecule is C=CCN(C)CCCCOc1ccc(N(C)S(=O)(=O)Nc2ccc(Cl)cc2)cc1. The van der Waals surface area contributed by atoms with E-state index in [-0.39, 0.29) is 0 Å². The topological polar surface area (TPSA) is 61.9 Å². The van der Waals surface area contributed by atoms with Crippen LogP contribution in [-0.4, -0.2) is 47.1 Å². The molecule has 2 rings (SSSR count). The van der Waals surface area contributed by atoms with Crippen molar-refractivity contribution in [3.05, 3.63) is 66.2 Å². The molecule has 0 fully saturated rings. The molecule has 0 aromatic heterocycles. The van der Waals surface area contributed by atoms with Gasteiger partial charge in [0.25, 0.3) is 0 Å². The molecule has 0 atom stereocenters. The van der Waals surface area contributed by atoms with Gasteiger partial charge >= 0.3 is 10.2 Å². The smallest absolute Gasteiger partial charge is 0.323 e. The highest BCUT2D eigenvalue weighted by atomic mass is 35.5. The number of ether oxygens (including phenoxy) is 1. The summed E-state index contributed by atoms with van der Waals surface area (Å²) < 4.78 is 34.6. The molecule has 2 aromatic carbocycles. The lowest BCUT2D eigenvalue weighted by Gasteiger charge is -2.20. The summed E-state index contributed by atoms with van der Waals surface area (Å²) in [6, 6.07) is 13.5. The molecule has 0 saturated heterocycles. The van der Waals surface area contributed by atoms with E-state index in [0.717, 1.165) is 25.9 Å². The number of hydrogen-bond donors (Lipinski definition) is 1. The Kier molecular flexibility index (Phi) is 8.82. The standard InChI is InChI=1S/C21H28ClN3O3S/c1-4-15-24(2)16-5-6-17-28-21-13-11-20(12-14-21)25(3)29(26,27)23-19-9-7-18(22)8-10-19/h4,7-14,23H,1,5-6,15-17H2,2-3H3. The Morgan fingerprint density at radius 3 is 2.34 bits per heavy atom. The van der Waals surface area contributed by atoms with Crippen LogP contribution in [0.25, 0.3) is 0 Å². The number of benzene rings is 2. The van der Waals surface area contributed by atoms with Gasteiger partial charge in [-0.3, -0.25) is 9.03 Å². The minimum atomic E-state index is -3.74. The molecular weight excluding hydrogens is 410 g/mol. The molecule has 0 saturated carbocycles. The van der Waals surface area contributed by atoms with Crippen molar-refractivity contribution in [1.82, 2.24) is 4.90 Å². The van der Waals surface area contributed by atoms with Gasteiger partial charge in [-0.2, -0.15) is 8.42 Å². The van der Waals surface area contributed by atoms with Crippen molar-refractivity contribution in [2.75, 3.05) is 42.8 Å². The third-order valence-corrected chi connectivity index (χ3v) is 5.97. The van der Waals surface area contributed by atoms with Crippen molar-refractivity contribution in [1.29, 1.82) is 0 Å². The van der Waals surface area contributed by atoms with Crippen LogP contribution in [0.1, 0.15) is 12.8 Å². The quantitative estimate of drug-likeness (QED) is 0.394. The molecule has 0 aliphatic rings. The largest absolute Gasteiger partial charge is 0.494 e. The number of nitrogens with zero attached hydrogens (tertiary/aromatic N) is 2. The zero-order valence-electron chi connectivity index (χ0n) is 16.8. The first kappa shape index (κ1) is 23.1. The van der Waals surface area contributed by atoms with Gasteiger partial charge in [-0.15, -0.1) is 6.58 Å². The Hall–Kier alpha value is -2.22. The van der Waals surface area contributed by atoms with E-state index in [4.69, 9.17) is 16.3 Å². The van der Waals surface area contributed by atoms with E-state index in [1.54, 1.807) is 48.5 Å². The minimum absolute atomic E-state index is 0.444. The summed E-state index contributed by atoms with van der Waals surface area (Å²) in [6.07, 6.45) is 3.88. The van der Waals surface area contributed by atoms with E-state index < -0.39 is 10.2 Å². The average Bonchev–Trinajstić information content (AvgIpc) is 2.69. The van der Waals surface area contributed by atoms with E-state index in [1.165, 1.54) is 11.4 Å². The number of rotatable bonds is 12. The molecule has 8 heteroatoms. The van der Waals surface area contributed by atoms with Gasteiger partial charge in [-0.1, -0.05) is 17.7 Å². The highest BCUT2D eigenvalue weighted by Crippen LogP contribution is 2.22. The maximum atomic E-state index is 12.6. The Morgan fingerprint density at radius 2 is 1.72 bits per heavy atom. The average molecular weight is 438 g/mol. The second kappa shape index (κ2) is 11.1. The third-order valence-electron chi connectivity index (χ3n) is 4.30. The first-order valence-corrected chi connectivity index (χ1v) is 11.2. The van der Waals surface area contributed by atoms with Crippen LogP contribution >= 0.6 is 11.6 Å². The lowest BCUT2D eigenvalue weighted by molar-refractivity contribution is 0.287. The van der Waals surface area contributed by atoms with Crippen molar-refractivity contribution in [3.8, 4) is 5.75 Å². The van der Waals surface area contributed by atoms with Gasteiger partial charge < -0.3 is 9.64 Å². The summed E-state index contributed by atoms with van der Waals surface area (Å²) in [6.45, 7) is 6.22.